The Balaban J connectivity index is 2.49. The van der Waals surface area contributed by atoms with Crippen molar-refractivity contribution >= 4 is 34.7 Å². The highest BCUT2D eigenvalue weighted by atomic mass is 127. The lowest BCUT2D eigenvalue weighted by atomic mass is 9.90. The maximum atomic E-state index is 11.3. The second kappa shape index (κ2) is 16.1. The van der Waals surface area contributed by atoms with Gasteiger partial charge in [0.05, 0.1) is 0 Å². The monoisotopic (exact) mass is 599 g/mol. The molecule has 1 N–H and O–H groups in total. The molecule has 0 aliphatic rings. The summed E-state index contributed by atoms with van der Waals surface area (Å²) in [4.78, 5) is 11.3. The lowest BCUT2D eigenvalue weighted by Crippen LogP contribution is -2.06. The number of nitrogens with one attached hydrogen (secondary N) is 1. The highest BCUT2D eigenvalue weighted by molar-refractivity contribution is 14.1. The molecule has 0 saturated heterocycles. The molecule has 0 heterocycles. The fraction of sp³-hybridized carbons (Fsp3) is 0.545. The van der Waals surface area contributed by atoms with Crippen LogP contribution in [0.4, 0.5) is 5.69 Å². The summed E-state index contributed by atoms with van der Waals surface area (Å²) in [7, 11) is 0. The molecule has 3 heteroatoms. The quantitative estimate of drug-likeness (QED) is 0.0996. The number of rotatable bonds is 14. The number of anilines is 1. The SMILES string of the molecule is CCCCCCc1cc(C#Cc2cc(C(C)C)c(NC=O)c(C(C)C)c2)c(CCCCCC)cc1I. The van der Waals surface area contributed by atoms with Crippen molar-refractivity contribution in [3.8, 4) is 11.8 Å². The van der Waals surface area contributed by atoms with Crippen LogP contribution in [-0.2, 0) is 17.6 Å². The van der Waals surface area contributed by atoms with Crippen molar-refractivity contribution in [2.75, 3.05) is 5.32 Å². The van der Waals surface area contributed by atoms with Crippen LogP contribution in [0.25, 0.3) is 0 Å². The van der Waals surface area contributed by atoms with Crippen LogP contribution in [0, 0.1) is 15.4 Å². The maximum absolute atomic E-state index is 11.3. The number of hydrogen-bond acceptors (Lipinski definition) is 1. The van der Waals surface area contributed by atoms with Gasteiger partial charge in [0.15, 0.2) is 0 Å². The normalized spacial score (nSPS) is 11.0. The first-order chi connectivity index (χ1) is 17.3. The summed E-state index contributed by atoms with van der Waals surface area (Å²) in [5, 5.41) is 2.96. The number of aryl methyl sites for hydroxylation is 2. The molecule has 36 heavy (non-hydrogen) atoms. The summed E-state index contributed by atoms with van der Waals surface area (Å²) in [5.41, 5.74) is 8.27. The van der Waals surface area contributed by atoms with Gasteiger partial charge in [-0.3, -0.25) is 4.79 Å². The van der Waals surface area contributed by atoms with Gasteiger partial charge in [-0.05, 0) is 107 Å². The van der Waals surface area contributed by atoms with Crippen molar-refractivity contribution in [2.45, 2.75) is 118 Å². The molecule has 0 atom stereocenters. The van der Waals surface area contributed by atoms with Crippen LogP contribution in [0.1, 0.15) is 138 Å². The van der Waals surface area contributed by atoms with E-state index >= 15 is 0 Å². The molecule has 0 unspecified atom stereocenters. The van der Waals surface area contributed by atoms with E-state index < -0.39 is 0 Å². The predicted octanol–water partition coefficient (Wildman–Crippen LogP) is 9.75. The van der Waals surface area contributed by atoms with E-state index in [0.717, 1.165) is 41.6 Å². The van der Waals surface area contributed by atoms with Crippen LogP contribution in [0.3, 0.4) is 0 Å². The molecule has 2 aromatic carbocycles. The van der Waals surface area contributed by atoms with Gasteiger partial charge >= 0.3 is 0 Å². The summed E-state index contributed by atoms with van der Waals surface area (Å²) in [6.07, 6.45) is 13.2. The molecular weight excluding hydrogens is 553 g/mol. The Morgan fingerprint density at radius 1 is 0.778 bits per heavy atom. The molecule has 0 aliphatic carbocycles. The minimum atomic E-state index is 0.300. The highest BCUT2D eigenvalue weighted by Gasteiger charge is 2.15. The third-order valence-electron chi connectivity index (χ3n) is 6.86. The fourth-order valence-electron chi connectivity index (χ4n) is 4.69. The molecule has 0 bridgehead atoms. The average Bonchev–Trinajstić information content (AvgIpc) is 2.85. The van der Waals surface area contributed by atoms with Gasteiger partial charge < -0.3 is 5.32 Å². The number of benzene rings is 2. The van der Waals surface area contributed by atoms with Crippen LogP contribution >= 0.6 is 22.6 Å². The third kappa shape index (κ3) is 9.25. The largest absolute Gasteiger partial charge is 0.328 e. The van der Waals surface area contributed by atoms with Crippen LogP contribution in [-0.4, -0.2) is 6.41 Å². The van der Waals surface area contributed by atoms with Crippen molar-refractivity contribution in [3.05, 3.63) is 61.2 Å². The zero-order valence-electron chi connectivity index (χ0n) is 23.4. The van der Waals surface area contributed by atoms with Crippen LogP contribution in [0.2, 0.25) is 0 Å². The van der Waals surface area contributed by atoms with Crippen molar-refractivity contribution in [1.82, 2.24) is 0 Å². The summed E-state index contributed by atoms with van der Waals surface area (Å²) >= 11 is 2.52. The zero-order valence-corrected chi connectivity index (χ0v) is 25.6. The van der Waals surface area contributed by atoms with Gasteiger partial charge in [0.25, 0.3) is 0 Å². The first kappa shape index (κ1) is 30.4. The summed E-state index contributed by atoms with van der Waals surface area (Å²) in [6.45, 7) is 13.2. The molecule has 0 aliphatic heterocycles. The fourth-order valence-corrected chi connectivity index (χ4v) is 5.50. The van der Waals surface area contributed by atoms with Gasteiger partial charge in [0.1, 0.15) is 0 Å². The number of unbranched alkanes of at least 4 members (excludes halogenated alkanes) is 6. The Hall–Kier alpha value is -1.80. The van der Waals surface area contributed by atoms with Crippen LogP contribution < -0.4 is 5.32 Å². The van der Waals surface area contributed by atoms with Crippen LogP contribution in [0.5, 0.6) is 0 Å². The molecule has 196 valence electrons. The van der Waals surface area contributed by atoms with Crippen LogP contribution in [0.15, 0.2) is 24.3 Å². The molecule has 2 rings (SSSR count). The lowest BCUT2D eigenvalue weighted by molar-refractivity contribution is -0.105. The Bertz CT molecular complexity index is 1010. The average molecular weight is 600 g/mol. The number of carbonyl (C=O) groups excluding carboxylic acids is 1. The second-order valence-electron chi connectivity index (χ2n) is 10.6. The molecule has 0 saturated carbocycles. The number of hydrogen-bond donors (Lipinski definition) is 1. The molecule has 0 aromatic heterocycles. The number of carbonyl (C=O) groups is 1. The highest BCUT2D eigenvalue weighted by Crippen LogP contribution is 2.33. The topological polar surface area (TPSA) is 29.1 Å². The maximum Gasteiger partial charge on any atom is 0.211 e. The Morgan fingerprint density at radius 3 is 1.83 bits per heavy atom. The summed E-state index contributed by atoms with van der Waals surface area (Å²) in [5.74, 6) is 7.70. The van der Waals surface area contributed by atoms with E-state index in [1.54, 1.807) is 0 Å². The van der Waals surface area contributed by atoms with Crippen molar-refractivity contribution in [2.24, 2.45) is 0 Å². The summed E-state index contributed by atoms with van der Waals surface area (Å²) < 4.78 is 1.38. The Labute approximate surface area is 234 Å². The van der Waals surface area contributed by atoms with Gasteiger partial charge in [0.2, 0.25) is 6.41 Å². The lowest BCUT2D eigenvalue weighted by Gasteiger charge is -2.19. The molecule has 2 nitrogen and oxygen atoms in total. The summed E-state index contributed by atoms with van der Waals surface area (Å²) in [6, 6.07) is 9.08. The molecular formula is C33H46INO. The minimum absolute atomic E-state index is 0.300. The van der Waals surface area contributed by atoms with Gasteiger partial charge in [-0.1, -0.05) is 91.9 Å². The van der Waals surface area contributed by atoms with E-state index in [4.69, 9.17) is 0 Å². The smallest absolute Gasteiger partial charge is 0.211 e. The van der Waals surface area contributed by atoms with Gasteiger partial charge in [-0.25, -0.2) is 0 Å². The van der Waals surface area contributed by atoms with E-state index in [0.29, 0.717) is 11.8 Å². The number of amides is 1. The van der Waals surface area contributed by atoms with Crippen molar-refractivity contribution < 1.29 is 4.79 Å². The van der Waals surface area contributed by atoms with Gasteiger partial charge in [-0.15, -0.1) is 0 Å². The second-order valence-corrected chi connectivity index (χ2v) is 11.7. The molecule has 0 fully saturated rings. The van der Waals surface area contributed by atoms with E-state index in [1.165, 1.54) is 71.6 Å². The Kier molecular flexibility index (Phi) is 13.6. The number of halogens is 1. The molecule has 1 amide bonds. The third-order valence-corrected chi connectivity index (χ3v) is 7.86. The van der Waals surface area contributed by atoms with Gasteiger partial charge in [-0.2, -0.15) is 0 Å². The van der Waals surface area contributed by atoms with Crippen molar-refractivity contribution in [3.63, 3.8) is 0 Å². The van der Waals surface area contributed by atoms with E-state index in [-0.39, 0.29) is 0 Å². The molecule has 2 aromatic rings. The minimum Gasteiger partial charge on any atom is -0.328 e. The molecule has 0 spiro atoms. The zero-order chi connectivity index (χ0) is 26.5. The Morgan fingerprint density at radius 2 is 1.33 bits per heavy atom. The van der Waals surface area contributed by atoms with Crippen molar-refractivity contribution in [1.29, 1.82) is 0 Å². The van der Waals surface area contributed by atoms with E-state index in [2.05, 4.69) is 106 Å². The van der Waals surface area contributed by atoms with E-state index in [1.807, 2.05) is 0 Å². The van der Waals surface area contributed by atoms with E-state index in [9.17, 15) is 4.79 Å². The predicted molar refractivity (Wildman–Crippen MR) is 165 cm³/mol. The van der Waals surface area contributed by atoms with Gasteiger partial charge in [0, 0.05) is 20.4 Å². The molecule has 0 radical (unpaired) electrons. The first-order valence-corrected chi connectivity index (χ1v) is 15.1. The first-order valence-electron chi connectivity index (χ1n) is 14.0. The standard InChI is InChI=1S/C33H46INO/c1-7-9-11-13-15-27-22-32(34)29(16-14-12-10-8-2)21-28(27)18-17-26-19-30(24(3)4)33(35-23-36)31(20-26)25(5)6/h19-25H,7-16H2,1-6H3,(H,35,36).